The van der Waals surface area contributed by atoms with Gasteiger partial charge in [-0.3, -0.25) is 4.79 Å². The Morgan fingerprint density at radius 2 is 2.14 bits per heavy atom. The number of rotatable bonds is 5. The van der Waals surface area contributed by atoms with E-state index >= 15 is 0 Å². The minimum absolute atomic E-state index is 0.327. The van der Waals surface area contributed by atoms with Gasteiger partial charge in [0.05, 0.1) is 25.9 Å². The number of carbonyl (C=O) groups is 1. The highest BCUT2D eigenvalue weighted by atomic mass is 32.1. The fourth-order valence-electron chi connectivity index (χ4n) is 1.89. The fraction of sp³-hybridized carbons (Fsp3) is 0.267. The third-order valence-corrected chi connectivity index (χ3v) is 3.98. The van der Waals surface area contributed by atoms with Gasteiger partial charge < -0.3 is 9.47 Å². The van der Waals surface area contributed by atoms with E-state index in [1.165, 1.54) is 25.6 Å². The molecule has 0 saturated carbocycles. The Kier molecular flexibility index (Phi) is 4.55. The maximum absolute atomic E-state index is 12.6. The van der Waals surface area contributed by atoms with Gasteiger partial charge in [-0.1, -0.05) is 0 Å². The van der Waals surface area contributed by atoms with Crippen molar-refractivity contribution >= 4 is 17.1 Å². The summed E-state index contributed by atoms with van der Waals surface area (Å²) in [5.41, 5.74) is 1.14. The van der Waals surface area contributed by atoms with Crippen LogP contribution in [0.1, 0.15) is 27.0 Å². The van der Waals surface area contributed by atoms with E-state index < -0.39 is 5.92 Å². The number of ether oxygens (including phenoxy) is 2. The SMILES string of the molecule is COc1ccc(C(=O)[C@@H](C#N)c2nc(C)cs2)c(OC)c1. The molecule has 1 atom stereocenters. The summed E-state index contributed by atoms with van der Waals surface area (Å²) < 4.78 is 10.3. The number of nitrogens with zero attached hydrogens (tertiary/aromatic N) is 2. The topological polar surface area (TPSA) is 72.2 Å². The fourth-order valence-corrected chi connectivity index (χ4v) is 2.72. The summed E-state index contributed by atoms with van der Waals surface area (Å²) >= 11 is 1.31. The van der Waals surface area contributed by atoms with Gasteiger partial charge in [0.15, 0.2) is 11.7 Å². The summed E-state index contributed by atoms with van der Waals surface area (Å²) in [7, 11) is 3.01. The van der Waals surface area contributed by atoms with Gasteiger partial charge in [0.2, 0.25) is 0 Å². The first-order chi connectivity index (χ1) is 10.1. The maximum Gasteiger partial charge on any atom is 0.190 e. The molecule has 1 heterocycles. The standard InChI is InChI=1S/C15H14N2O3S/c1-9-8-21-15(17-9)12(7-16)14(18)11-5-4-10(19-2)6-13(11)20-3/h4-6,8,12H,1-3H3/t12-/m1/s1. The number of aryl methyl sites for hydroxylation is 1. The van der Waals surface area contributed by atoms with Crippen molar-refractivity contribution in [2.24, 2.45) is 0 Å². The predicted octanol–water partition coefficient (Wildman–Crippen LogP) is 2.96. The van der Waals surface area contributed by atoms with Crippen molar-refractivity contribution < 1.29 is 14.3 Å². The summed E-state index contributed by atoms with van der Waals surface area (Å²) in [6, 6.07) is 6.91. The molecule has 1 aromatic heterocycles. The van der Waals surface area contributed by atoms with Crippen molar-refractivity contribution in [1.82, 2.24) is 4.98 Å². The zero-order valence-corrected chi connectivity index (χ0v) is 12.7. The van der Waals surface area contributed by atoms with Crippen molar-refractivity contribution in [3.63, 3.8) is 0 Å². The molecule has 1 aromatic carbocycles. The minimum atomic E-state index is -0.925. The zero-order valence-electron chi connectivity index (χ0n) is 11.9. The highest BCUT2D eigenvalue weighted by molar-refractivity contribution is 7.10. The number of hydrogen-bond acceptors (Lipinski definition) is 6. The first-order valence-electron chi connectivity index (χ1n) is 6.18. The van der Waals surface area contributed by atoms with Crippen molar-refractivity contribution in [2.75, 3.05) is 14.2 Å². The lowest BCUT2D eigenvalue weighted by atomic mass is 9.98. The van der Waals surface area contributed by atoms with E-state index in [2.05, 4.69) is 4.98 Å². The molecule has 0 bridgehead atoms. The van der Waals surface area contributed by atoms with E-state index in [0.29, 0.717) is 22.1 Å². The quantitative estimate of drug-likeness (QED) is 0.794. The van der Waals surface area contributed by atoms with E-state index in [0.717, 1.165) is 5.69 Å². The van der Waals surface area contributed by atoms with Crippen LogP contribution in [0, 0.1) is 18.3 Å². The lowest BCUT2D eigenvalue weighted by Gasteiger charge is -2.11. The molecule has 0 N–H and O–H groups in total. The second-order valence-electron chi connectivity index (χ2n) is 4.32. The lowest BCUT2D eigenvalue weighted by molar-refractivity contribution is 0.0976. The molecule has 0 saturated heterocycles. The third-order valence-electron chi connectivity index (χ3n) is 2.95. The first-order valence-corrected chi connectivity index (χ1v) is 7.06. The van der Waals surface area contributed by atoms with Crippen molar-refractivity contribution in [2.45, 2.75) is 12.8 Å². The van der Waals surface area contributed by atoms with Crippen LogP contribution in [0.25, 0.3) is 0 Å². The molecule has 5 nitrogen and oxygen atoms in total. The Hall–Kier alpha value is -2.39. The molecule has 21 heavy (non-hydrogen) atoms. The Morgan fingerprint density at radius 3 is 2.67 bits per heavy atom. The van der Waals surface area contributed by atoms with Crippen LogP contribution in [0.4, 0.5) is 0 Å². The minimum Gasteiger partial charge on any atom is -0.497 e. The number of hydrogen-bond donors (Lipinski definition) is 0. The van der Waals surface area contributed by atoms with Crippen LogP contribution in [-0.2, 0) is 0 Å². The molecular formula is C15H14N2O3S. The number of carbonyl (C=O) groups excluding carboxylic acids is 1. The van der Waals surface area contributed by atoms with Crippen LogP contribution in [-0.4, -0.2) is 25.0 Å². The van der Waals surface area contributed by atoms with Gasteiger partial charge in [-0.15, -0.1) is 11.3 Å². The van der Waals surface area contributed by atoms with Crippen molar-refractivity contribution in [3.8, 4) is 17.6 Å². The van der Waals surface area contributed by atoms with Crippen LogP contribution in [0.15, 0.2) is 23.6 Å². The summed E-state index contributed by atoms with van der Waals surface area (Å²) in [4.78, 5) is 16.8. The molecule has 2 aromatic rings. The van der Waals surface area contributed by atoms with Crippen LogP contribution in [0.2, 0.25) is 0 Å². The average molecular weight is 302 g/mol. The molecule has 0 spiro atoms. The molecule has 0 unspecified atom stereocenters. The summed E-state index contributed by atoms with van der Waals surface area (Å²) in [6.07, 6.45) is 0. The van der Waals surface area contributed by atoms with Crippen molar-refractivity contribution in [1.29, 1.82) is 5.26 Å². The second-order valence-corrected chi connectivity index (χ2v) is 5.21. The Morgan fingerprint density at radius 1 is 1.38 bits per heavy atom. The van der Waals surface area contributed by atoms with Gasteiger partial charge in [0.25, 0.3) is 0 Å². The molecule has 0 radical (unpaired) electrons. The van der Waals surface area contributed by atoms with Crippen LogP contribution >= 0.6 is 11.3 Å². The normalized spacial score (nSPS) is 11.5. The monoisotopic (exact) mass is 302 g/mol. The van der Waals surface area contributed by atoms with E-state index in [-0.39, 0.29) is 5.78 Å². The summed E-state index contributed by atoms with van der Waals surface area (Å²) in [5, 5.41) is 11.6. The molecule has 0 aliphatic rings. The Labute approximate surface area is 126 Å². The smallest absolute Gasteiger partial charge is 0.190 e. The highest BCUT2D eigenvalue weighted by Crippen LogP contribution is 2.30. The number of aromatic nitrogens is 1. The molecule has 0 aliphatic heterocycles. The molecular weight excluding hydrogens is 288 g/mol. The maximum atomic E-state index is 12.6. The van der Waals surface area contributed by atoms with Gasteiger partial charge in [0.1, 0.15) is 16.5 Å². The van der Waals surface area contributed by atoms with Gasteiger partial charge in [0, 0.05) is 17.1 Å². The number of benzene rings is 1. The number of ketones is 1. The van der Waals surface area contributed by atoms with Crippen LogP contribution in [0.3, 0.4) is 0 Å². The van der Waals surface area contributed by atoms with Gasteiger partial charge in [-0.05, 0) is 19.1 Å². The predicted molar refractivity (Wildman–Crippen MR) is 79.1 cm³/mol. The number of Topliss-reactive ketones (excluding diaryl/α,β-unsaturated/α-hetero) is 1. The average Bonchev–Trinajstić information content (AvgIpc) is 2.93. The van der Waals surface area contributed by atoms with Gasteiger partial charge in [-0.2, -0.15) is 5.26 Å². The molecule has 2 rings (SSSR count). The first kappa shape index (κ1) is 15.0. The van der Waals surface area contributed by atoms with E-state index in [4.69, 9.17) is 9.47 Å². The number of methoxy groups -OCH3 is 2. The molecule has 6 heteroatoms. The van der Waals surface area contributed by atoms with Gasteiger partial charge >= 0.3 is 0 Å². The van der Waals surface area contributed by atoms with Crippen molar-refractivity contribution in [3.05, 3.63) is 39.8 Å². The second kappa shape index (κ2) is 6.37. The lowest BCUT2D eigenvalue weighted by Crippen LogP contribution is -2.12. The third kappa shape index (κ3) is 3.03. The zero-order chi connectivity index (χ0) is 15.4. The highest BCUT2D eigenvalue weighted by Gasteiger charge is 2.27. The number of nitriles is 1. The Bertz CT molecular complexity index is 703. The summed E-state index contributed by atoms with van der Waals surface area (Å²) in [6.45, 7) is 1.83. The molecule has 0 fully saturated rings. The summed E-state index contributed by atoms with van der Waals surface area (Å²) in [5.74, 6) is -0.285. The molecule has 108 valence electrons. The Balaban J connectivity index is 2.41. The van der Waals surface area contributed by atoms with E-state index in [1.54, 1.807) is 18.2 Å². The number of thiazole rings is 1. The van der Waals surface area contributed by atoms with Gasteiger partial charge in [-0.25, -0.2) is 4.98 Å². The van der Waals surface area contributed by atoms with Crippen LogP contribution in [0.5, 0.6) is 11.5 Å². The molecule has 0 amide bonds. The van der Waals surface area contributed by atoms with E-state index in [9.17, 15) is 10.1 Å². The van der Waals surface area contributed by atoms with E-state index in [1.807, 2.05) is 18.4 Å². The molecule has 0 aliphatic carbocycles. The largest absolute Gasteiger partial charge is 0.497 e. The van der Waals surface area contributed by atoms with Crippen LogP contribution < -0.4 is 9.47 Å².